The molecule has 0 saturated carbocycles. The minimum Gasteiger partial charge on any atom is -0.465 e. The van der Waals surface area contributed by atoms with Crippen LogP contribution in [0.15, 0.2) is 54.6 Å². The molecule has 8 heteroatoms. The van der Waals surface area contributed by atoms with Crippen molar-refractivity contribution >= 4 is 17.8 Å². The van der Waals surface area contributed by atoms with Crippen molar-refractivity contribution in [2.24, 2.45) is 17.8 Å². The summed E-state index contributed by atoms with van der Waals surface area (Å²) in [6.45, 7) is 6.49. The molecular weight excluding hydrogens is 472 g/mol. The first kappa shape index (κ1) is 25.7. The molecule has 6 atom stereocenters. The summed E-state index contributed by atoms with van der Waals surface area (Å²) in [5.41, 5.74) is -1.48. The summed E-state index contributed by atoms with van der Waals surface area (Å²) in [6, 6.07) is 8.12. The molecule has 1 spiro atoms. The highest BCUT2D eigenvalue weighted by Crippen LogP contribution is 2.57. The molecule has 0 aliphatic carbocycles. The maximum atomic E-state index is 14.4. The number of fused-ring (bicyclic) bond motifs is 2. The second-order valence-electron chi connectivity index (χ2n) is 11.2. The van der Waals surface area contributed by atoms with Crippen LogP contribution in [0, 0.1) is 17.8 Å². The van der Waals surface area contributed by atoms with E-state index in [1.807, 2.05) is 68.5 Å². The van der Waals surface area contributed by atoms with Crippen LogP contribution in [0.5, 0.6) is 0 Å². The maximum absolute atomic E-state index is 14.4. The molecule has 8 nitrogen and oxygen atoms in total. The Hall–Kier alpha value is -2.97. The Labute approximate surface area is 217 Å². The van der Waals surface area contributed by atoms with Crippen molar-refractivity contribution < 1.29 is 29.0 Å². The fourth-order valence-corrected chi connectivity index (χ4v) is 6.63. The number of hydrogen-bond acceptors (Lipinski definition) is 6. The van der Waals surface area contributed by atoms with Gasteiger partial charge in [0.1, 0.15) is 17.6 Å². The van der Waals surface area contributed by atoms with Crippen molar-refractivity contribution in [1.29, 1.82) is 0 Å². The van der Waals surface area contributed by atoms with Crippen LogP contribution in [0.4, 0.5) is 0 Å². The molecule has 198 valence electrons. The first-order chi connectivity index (χ1) is 17.7. The Kier molecular flexibility index (Phi) is 6.75. The van der Waals surface area contributed by atoms with Crippen molar-refractivity contribution in [1.82, 2.24) is 9.80 Å². The molecule has 1 aromatic rings. The van der Waals surface area contributed by atoms with Gasteiger partial charge in [-0.25, -0.2) is 0 Å². The fraction of sp³-hybridized carbons (Fsp3) is 0.552. The lowest BCUT2D eigenvalue weighted by Crippen LogP contribution is -2.58. The van der Waals surface area contributed by atoms with Crippen LogP contribution < -0.4 is 0 Å². The number of ether oxygens (including phenoxy) is 2. The van der Waals surface area contributed by atoms with E-state index in [9.17, 15) is 19.5 Å². The van der Waals surface area contributed by atoms with E-state index in [2.05, 4.69) is 0 Å². The van der Waals surface area contributed by atoms with Gasteiger partial charge in [0, 0.05) is 13.1 Å². The SMILES string of the molecule is CC(C)C[C@H](CO)N1C(=O)[C@@H]2[C@@H]3C(=O)OCCC=C[C@]3(C)O[C@@]23C=CCN(Cc2ccccc2)C(=O)C13. The molecule has 37 heavy (non-hydrogen) atoms. The third-order valence-electron chi connectivity index (χ3n) is 8.10. The lowest BCUT2D eigenvalue weighted by atomic mass is 9.74. The summed E-state index contributed by atoms with van der Waals surface area (Å²) >= 11 is 0. The van der Waals surface area contributed by atoms with Crippen molar-refractivity contribution in [3.05, 3.63) is 60.2 Å². The highest BCUT2D eigenvalue weighted by atomic mass is 16.6. The minimum atomic E-state index is -1.35. The molecule has 0 bridgehead atoms. The lowest BCUT2D eigenvalue weighted by molar-refractivity contribution is -0.162. The molecule has 0 radical (unpaired) electrons. The number of nitrogens with zero attached hydrogens (tertiary/aromatic N) is 2. The molecule has 1 N–H and O–H groups in total. The Morgan fingerprint density at radius 1 is 1.05 bits per heavy atom. The van der Waals surface area contributed by atoms with E-state index >= 15 is 0 Å². The minimum absolute atomic E-state index is 0.179. The van der Waals surface area contributed by atoms with Crippen molar-refractivity contribution in [3.8, 4) is 0 Å². The van der Waals surface area contributed by atoms with Gasteiger partial charge in [-0.1, -0.05) is 68.5 Å². The Morgan fingerprint density at radius 3 is 2.51 bits per heavy atom. The van der Waals surface area contributed by atoms with E-state index in [-0.39, 0.29) is 30.9 Å². The third-order valence-corrected chi connectivity index (χ3v) is 8.10. The summed E-state index contributed by atoms with van der Waals surface area (Å²) in [7, 11) is 0. The zero-order valence-electron chi connectivity index (χ0n) is 21.7. The molecule has 1 unspecified atom stereocenters. The third kappa shape index (κ3) is 4.20. The number of cyclic esters (lactones) is 1. The maximum Gasteiger partial charge on any atom is 0.313 e. The number of rotatable bonds is 6. The Morgan fingerprint density at radius 2 is 1.81 bits per heavy atom. The van der Waals surface area contributed by atoms with Gasteiger partial charge in [0.2, 0.25) is 11.8 Å². The van der Waals surface area contributed by atoms with Crippen LogP contribution in [0.1, 0.15) is 39.2 Å². The van der Waals surface area contributed by atoms with Crippen LogP contribution >= 0.6 is 0 Å². The van der Waals surface area contributed by atoms with E-state index in [0.29, 0.717) is 25.9 Å². The van der Waals surface area contributed by atoms with Crippen molar-refractivity contribution in [3.63, 3.8) is 0 Å². The van der Waals surface area contributed by atoms with Gasteiger partial charge in [-0.3, -0.25) is 14.4 Å². The van der Waals surface area contributed by atoms with Crippen LogP contribution in [-0.2, 0) is 30.4 Å². The Balaban J connectivity index is 1.63. The molecule has 4 aliphatic heterocycles. The molecular formula is C29H36N2O6. The largest absolute Gasteiger partial charge is 0.465 e. The fourth-order valence-electron chi connectivity index (χ4n) is 6.63. The number of carbonyl (C=O) groups is 3. The Bertz CT molecular complexity index is 1120. The second kappa shape index (κ2) is 9.72. The normalized spacial score (nSPS) is 34.0. The molecule has 0 aromatic heterocycles. The van der Waals surface area contributed by atoms with E-state index in [0.717, 1.165) is 5.56 Å². The predicted molar refractivity (Wildman–Crippen MR) is 136 cm³/mol. The van der Waals surface area contributed by atoms with E-state index in [1.165, 1.54) is 4.90 Å². The average molecular weight is 509 g/mol. The molecule has 1 aromatic carbocycles. The van der Waals surface area contributed by atoms with Gasteiger partial charge < -0.3 is 24.4 Å². The standard InChI is InChI=1S/C29H36N2O6/c1-19(2)16-21(18-32)31-24-26(34)30(17-20-10-5-4-6-11-20)14-9-13-29(24)22(25(31)33)23-27(35)36-15-8-7-12-28(23,3)37-29/h4-7,9-13,19,21-24,32H,8,14-18H2,1-3H3/t21-,22+,23-,24?,28+,29+/m1/s1. The summed E-state index contributed by atoms with van der Waals surface area (Å²) in [6.07, 6.45) is 8.53. The second-order valence-corrected chi connectivity index (χ2v) is 11.2. The van der Waals surface area contributed by atoms with Gasteiger partial charge in [0.05, 0.1) is 30.8 Å². The van der Waals surface area contributed by atoms with Crippen molar-refractivity contribution in [2.45, 2.75) is 63.4 Å². The van der Waals surface area contributed by atoms with Gasteiger partial charge in [0.25, 0.3) is 0 Å². The number of aliphatic hydroxyl groups is 1. The highest BCUT2D eigenvalue weighted by Gasteiger charge is 2.75. The zero-order valence-corrected chi connectivity index (χ0v) is 21.7. The highest BCUT2D eigenvalue weighted by molar-refractivity contribution is 5.99. The van der Waals surface area contributed by atoms with Gasteiger partial charge in [0.15, 0.2) is 0 Å². The number of benzene rings is 1. The van der Waals surface area contributed by atoms with E-state index in [4.69, 9.17) is 9.47 Å². The molecule has 5 rings (SSSR count). The van der Waals surface area contributed by atoms with Crippen LogP contribution in [-0.4, -0.2) is 75.7 Å². The average Bonchev–Trinajstić information content (AvgIpc) is 3.19. The number of aliphatic hydroxyl groups excluding tert-OH is 1. The molecule has 2 amide bonds. The summed E-state index contributed by atoms with van der Waals surface area (Å²) in [5, 5.41) is 10.4. The molecule has 4 heterocycles. The molecule has 2 fully saturated rings. The number of likely N-dealkylation sites (tertiary alicyclic amines) is 1. The number of amides is 2. The van der Waals surface area contributed by atoms with Gasteiger partial charge in [-0.2, -0.15) is 0 Å². The van der Waals surface area contributed by atoms with E-state index < -0.39 is 41.1 Å². The quantitative estimate of drug-likeness (QED) is 0.469. The first-order valence-electron chi connectivity index (χ1n) is 13.2. The number of hydrogen-bond donors (Lipinski definition) is 1. The van der Waals surface area contributed by atoms with E-state index in [1.54, 1.807) is 11.8 Å². The van der Waals surface area contributed by atoms with Gasteiger partial charge >= 0.3 is 5.97 Å². The molecule has 2 saturated heterocycles. The van der Waals surface area contributed by atoms with Crippen molar-refractivity contribution in [2.75, 3.05) is 19.8 Å². The number of carbonyl (C=O) groups excluding carboxylic acids is 3. The lowest BCUT2D eigenvalue weighted by Gasteiger charge is -2.40. The van der Waals surface area contributed by atoms with Gasteiger partial charge in [-0.15, -0.1) is 0 Å². The molecule has 4 aliphatic rings. The smallest absolute Gasteiger partial charge is 0.313 e. The van der Waals surface area contributed by atoms with Crippen LogP contribution in [0.25, 0.3) is 0 Å². The van der Waals surface area contributed by atoms with Crippen LogP contribution in [0.2, 0.25) is 0 Å². The first-order valence-corrected chi connectivity index (χ1v) is 13.2. The van der Waals surface area contributed by atoms with Gasteiger partial charge in [-0.05, 0) is 31.2 Å². The topological polar surface area (TPSA) is 96.4 Å². The predicted octanol–water partition coefficient (Wildman–Crippen LogP) is 2.47. The summed E-state index contributed by atoms with van der Waals surface area (Å²) in [4.78, 5) is 45.2. The van der Waals surface area contributed by atoms with Crippen LogP contribution in [0.3, 0.4) is 0 Å². The summed E-state index contributed by atoms with van der Waals surface area (Å²) < 4.78 is 12.3. The summed E-state index contributed by atoms with van der Waals surface area (Å²) in [5.74, 6) is -2.74. The monoisotopic (exact) mass is 508 g/mol. The number of esters is 1. The zero-order chi connectivity index (χ0) is 26.4.